The summed E-state index contributed by atoms with van der Waals surface area (Å²) in [7, 11) is -1.74. The van der Waals surface area contributed by atoms with E-state index >= 15 is 0 Å². The van der Waals surface area contributed by atoms with Crippen molar-refractivity contribution in [3.05, 3.63) is 53.9 Å². The van der Waals surface area contributed by atoms with Gasteiger partial charge in [-0.15, -0.1) is 0 Å². The van der Waals surface area contributed by atoms with E-state index in [-0.39, 0.29) is 10.5 Å². The zero-order valence-electron chi connectivity index (χ0n) is 10.6. The maximum atomic E-state index is 13.0. The lowest BCUT2D eigenvalue weighted by molar-refractivity contribution is 0.567. The SMILES string of the molecule is Cn1ccnc1C(NS(=O)(=O)CBr)c1ccc(F)cc1. The van der Waals surface area contributed by atoms with Gasteiger partial charge in [-0.1, -0.05) is 28.1 Å². The highest BCUT2D eigenvalue weighted by molar-refractivity contribution is 9.10. The third-order valence-corrected chi connectivity index (χ3v) is 5.45. The van der Waals surface area contributed by atoms with Crippen LogP contribution in [0.5, 0.6) is 0 Å². The lowest BCUT2D eigenvalue weighted by atomic mass is 10.1. The van der Waals surface area contributed by atoms with E-state index in [9.17, 15) is 12.8 Å². The summed E-state index contributed by atoms with van der Waals surface area (Å²) < 4.78 is 40.6. The number of imidazole rings is 1. The van der Waals surface area contributed by atoms with Gasteiger partial charge in [0.25, 0.3) is 0 Å². The quantitative estimate of drug-likeness (QED) is 0.827. The van der Waals surface area contributed by atoms with Crippen LogP contribution in [0.2, 0.25) is 0 Å². The molecule has 1 N–H and O–H groups in total. The predicted molar refractivity (Wildman–Crippen MR) is 77.3 cm³/mol. The van der Waals surface area contributed by atoms with Crippen LogP contribution in [0.1, 0.15) is 17.4 Å². The van der Waals surface area contributed by atoms with Gasteiger partial charge in [0.05, 0.1) is 0 Å². The molecule has 0 saturated heterocycles. The van der Waals surface area contributed by atoms with Crippen LogP contribution in [0.3, 0.4) is 0 Å². The van der Waals surface area contributed by atoms with Crippen molar-refractivity contribution in [1.82, 2.24) is 14.3 Å². The first-order valence-corrected chi connectivity index (χ1v) is 8.49. The molecule has 108 valence electrons. The molecule has 8 heteroatoms. The van der Waals surface area contributed by atoms with Crippen LogP contribution >= 0.6 is 15.9 Å². The molecule has 0 aliphatic carbocycles. The van der Waals surface area contributed by atoms with Crippen molar-refractivity contribution in [2.75, 3.05) is 4.66 Å². The number of halogens is 2. The summed E-state index contributed by atoms with van der Waals surface area (Å²) in [4.78, 5) is 4.16. The van der Waals surface area contributed by atoms with E-state index in [0.717, 1.165) is 0 Å². The molecule has 0 amide bonds. The minimum Gasteiger partial charge on any atom is -0.336 e. The standard InChI is InChI=1S/C12H13BrFN3O2S/c1-17-7-6-15-12(17)11(16-20(18,19)8-13)9-2-4-10(14)5-3-9/h2-7,11,16H,8H2,1H3. The Balaban J connectivity index is 2.44. The van der Waals surface area contributed by atoms with Crippen molar-refractivity contribution in [2.24, 2.45) is 7.05 Å². The summed E-state index contributed by atoms with van der Waals surface area (Å²) >= 11 is 2.93. The third-order valence-electron chi connectivity index (χ3n) is 2.76. The van der Waals surface area contributed by atoms with Crippen molar-refractivity contribution >= 4 is 26.0 Å². The zero-order chi connectivity index (χ0) is 14.8. The average Bonchev–Trinajstić information content (AvgIpc) is 2.83. The molecule has 1 heterocycles. The van der Waals surface area contributed by atoms with Gasteiger partial charge in [-0.2, -0.15) is 4.72 Å². The first kappa shape index (κ1) is 15.1. The number of nitrogens with one attached hydrogen (secondary N) is 1. The van der Waals surface area contributed by atoms with E-state index in [2.05, 4.69) is 25.6 Å². The molecule has 20 heavy (non-hydrogen) atoms. The molecule has 1 aromatic heterocycles. The molecule has 0 saturated carbocycles. The lowest BCUT2D eigenvalue weighted by Crippen LogP contribution is -2.31. The molecule has 2 aromatic rings. The van der Waals surface area contributed by atoms with Crippen molar-refractivity contribution in [3.63, 3.8) is 0 Å². The van der Waals surface area contributed by atoms with Crippen molar-refractivity contribution in [1.29, 1.82) is 0 Å². The second-order valence-electron chi connectivity index (χ2n) is 4.22. The van der Waals surface area contributed by atoms with Gasteiger partial charge in [0, 0.05) is 19.4 Å². The summed E-state index contributed by atoms with van der Waals surface area (Å²) in [5, 5.41) is 0. The van der Waals surface area contributed by atoms with Gasteiger partial charge >= 0.3 is 0 Å². The fourth-order valence-corrected chi connectivity index (χ4v) is 2.85. The molecule has 2 rings (SSSR count). The van der Waals surface area contributed by atoms with Gasteiger partial charge in [0.1, 0.15) is 22.3 Å². The highest BCUT2D eigenvalue weighted by atomic mass is 79.9. The minimum absolute atomic E-state index is 0.220. The summed E-state index contributed by atoms with van der Waals surface area (Å²) in [5.74, 6) is 0.150. The van der Waals surface area contributed by atoms with Gasteiger partial charge in [-0.05, 0) is 17.7 Å². The first-order chi connectivity index (χ1) is 9.43. The molecule has 0 aliphatic rings. The van der Waals surface area contributed by atoms with Crippen LogP contribution in [0.4, 0.5) is 4.39 Å². The van der Waals surface area contributed by atoms with Crippen LogP contribution in [0.15, 0.2) is 36.7 Å². The molecule has 0 radical (unpaired) electrons. The Kier molecular flexibility index (Phi) is 4.56. The Labute approximate surface area is 125 Å². The maximum absolute atomic E-state index is 13.0. The van der Waals surface area contributed by atoms with E-state index in [1.807, 2.05) is 0 Å². The summed E-state index contributed by atoms with van der Waals surface area (Å²) in [6, 6.07) is 4.97. The number of benzene rings is 1. The highest BCUT2D eigenvalue weighted by Gasteiger charge is 2.23. The van der Waals surface area contributed by atoms with E-state index in [1.165, 1.54) is 24.3 Å². The largest absolute Gasteiger partial charge is 0.336 e. The zero-order valence-corrected chi connectivity index (χ0v) is 13.0. The predicted octanol–water partition coefficient (Wildman–Crippen LogP) is 1.92. The molecule has 5 nitrogen and oxygen atoms in total. The van der Waals surface area contributed by atoms with Crippen molar-refractivity contribution in [2.45, 2.75) is 6.04 Å². The fourth-order valence-electron chi connectivity index (χ4n) is 1.79. The van der Waals surface area contributed by atoms with E-state index in [1.54, 1.807) is 24.0 Å². The number of nitrogens with zero attached hydrogens (tertiary/aromatic N) is 2. The number of aryl methyl sites for hydroxylation is 1. The first-order valence-electron chi connectivity index (χ1n) is 5.71. The smallest absolute Gasteiger partial charge is 0.222 e. The normalized spacial score (nSPS) is 13.3. The molecule has 0 bridgehead atoms. The Morgan fingerprint density at radius 2 is 2.05 bits per heavy atom. The van der Waals surface area contributed by atoms with Crippen LogP contribution in [0.25, 0.3) is 0 Å². The van der Waals surface area contributed by atoms with Gasteiger partial charge in [0.15, 0.2) is 0 Å². The van der Waals surface area contributed by atoms with Gasteiger partial charge in [-0.25, -0.2) is 17.8 Å². The van der Waals surface area contributed by atoms with Crippen LogP contribution in [-0.4, -0.2) is 22.6 Å². The number of hydrogen-bond donors (Lipinski definition) is 1. The molecule has 1 unspecified atom stereocenters. The van der Waals surface area contributed by atoms with E-state index < -0.39 is 16.1 Å². The number of hydrogen-bond acceptors (Lipinski definition) is 3. The number of rotatable bonds is 5. The average molecular weight is 362 g/mol. The monoisotopic (exact) mass is 361 g/mol. The summed E-state index contributed by atoms with van der Waals surface area (Å²) in [6.07, 6.45) is 3.29. The van der Waals surface area contributed by atoms with E-state index in [4.69, 9.17) is 0 Å². The number of sulfonamides is 1. The van der Waals surface area contributed by atoms with Crippen molar-refractivity contribution in [3.8, 4) is 0 Å². The highest BCUT2D eigenvalue weighted by Crippen LogP contribution is 2.22. The Morgan fingerprint density at radius 3 is 2.55 bits per heavy atom. The fraction of sp³-hybridized carbons (Fsp3) is 0.250. The number of aromatic nitrogens is 2. The summed E-state index contributed by atoms with van der Waals surface area (Å²) in [6.45, 7) is 0. The van der Waals surface area contributed by atoms with Crippen molar-refractivity contribution < 1.29 is 12.8 Å². The van der Waals surface area contributed by atoms with Crippen LogP contribution in [-0.2, 0) is 17.1 Å². The second-order valence-corrected chi connectivity index (χ2v) is 7.28. The molecular formula is C12H13BrFN3O2S. The molecule has 0 fully saturated rings. The molecule has 0 spiro atoms. The second kappa shape index (κ2) is 6.02. The van der Waals surface area contributed by atoms with Crippen LogP contribution in [0, 0.1) is 5.82 Å². The summed E-state index contributed by atoms with van der Waals surface area (Å²) in [5.41, 5.74) is 0.616. The molecule has 1 aromatic carbocycles. The van der Waals surface area contributed by atoms with Gasteiger partial charge in [0.2, 0.25) is 10.0 Å². The number of alkyl halides is 1. The minimum atomic E-state index is -3.50. The maximum Gasteiger partial charge on any atom is 0.222 e. The molecule has 0 aliphatic heterocycles. The Hall–Kier alpha value is -1.25. The Bertz CT molecular complexity index is 685. The lowest BCUT2D eigenvalue weighted by Gasteiger charge is -2.18. The topological polar surface area (TPSA) is 64.0 Å². The Morgan fingerprint density at radius 1 is 1.40 bits per heavy atom. The van der Waals surface area contributed by atoms with E-state index in [0.29, 0.717) is 11.4 Å². The van der Waals surface area contributed by atoms with Crippen LogP contribution < -0.4 is 4.72 Å². The molecule has 1 atom stereocenters. The van der Waals surface area contributed by atoms with Gasteiger partial charge < -0.3 is 4.57 Å². The van der Waals surface area contributed by atoms with Gasteiger partial charge in [-0.3, -0.25) is 0 Å². The third kappa shape index (κ3) is 3.44. The molecular weight excluding hydrogens is 349 g/mol.